The van der Waals surface area contributed by atoms with Gasteiger partial charge < -0.3 is 15.2 Å². The number of phenolic OH excluding ortho intramolecular Hbond substituents is 1. The number of H-pyrrole nitrogens is 1. The molecule has 0 saturated carbocycles. The van der Waals surface area contributed by atoms with Crippen molar-refractivity contribution in [3.05, 3.63) is 82.1 Å². The zero-order valence-electron chi connectivity index (χ0n) is 17.2. The van der Waals surface area contributed by atoms with Crippen molar-refractivity contribution in [3.8, 4) is 5.75 Å². The van der Waals surface area contributed by atoms with Gasteiger partial charge in [-0.25, -0.2) is 0 Å². The first-order chi connectivity index (χ1) is 14.9. The van der Waals surface area contributed by atoms with E-state index in [-0.39, 0.29) is 16.4 Å². The van der Waals surface area contributed by atoms with E-state index in [1.54, 1.807) is 18.2 Å². The van der Waals surface area contributed by atoms with E-state index in [2.05, 4.69) is 16.5 Å². The molecular formula is C24H25N3O4. The minimum Gasteiger partial charge on any atom is -0.508 e. The number of fused-ring (bicyclic) bond motifs is 4. The summed E-state index contributed by atoms with van der Waals surface area (Å²) >= 11 is 0. The molecule has 3 N–H and O–H groups in total. The number of para-hydroxylation sites is 1. The van der Waals surface area contributed by atoms with Crippen LogP contribution in [0.4, 0.5) is 5.69 Å². The third kappa shape index (κ3) is 2.88. The number of nitro groups is 1. The zero-order valence-corrected chi connectivity index (χ0v) is 17.2. The first-order valence-electron chi connectivity index (χ1n) is 10.5. The Morgan fingerprint density at radius 1 is 1.26 bits per heavy atom. The Morgan fingerprint density at radius 3 is 2.81 bits per heavy atom. The molecule has 2 aromatic carbocycles. The van der Waals surface area contributed by atoms with Crippen LogP contribution >= 0.6 is 0 Å². The number of nitrogens with one attached hydrogen (secondary N) is 1. The second-order valence-electron chi connectivity index (χ2n) is 8.83. The smallest absolute Gasteiger partial charge is 0.293 e. The fraction of sp³-hybridized carbons (Fsp3) is 0.333. The van der Waals surface area contributed by atoms with Crippen molar-refractivity contribution in [2.75, 3.05) is 19.6 Å². The van der Waals surface area contributed by atoms with Crippen molar-refractivity contribution in [2.24, 2.45) is 0 Å². The summed E-state index contributed by atoms with van der Waals surface area (Å²) in [4.78, 5) is 16.7. The van der Waals surface area contributed by atoms with Crippen molar-refractivity contribution in [2.45, 2.75) is 30.3 Å². The lowest BCUT2D eigenvalue weighted by Crippen LogP contribution is -2.66. The molecule has 1 aliphatic carbocycles. The van der Waals surface area contributed by atoms with E-state index in [0.717, 1.165) is 28.8 Å². The Kier molecular flexibility index (Phi) is 4.42. The number of likely N-dealkylation sites (tertiary alicyclic amines) is 1. The minimum atomic E-state index is -1.09. The molecule has 2 unspecified atom stereocenters. The Bertz CT molecular complexity index is 1200. The van der Waals surface area contributed by atoms with Crippen LogP contribution in [0.25, 0.3) is 10.9 Å². The quantitative estimate of drug-likeness (QED) is 0.342. The molecule has 3 aromatic rings. The molecule has 2 atom stereocenters. The lowest BCUT2D eigenvalue weighted by molar-refractivity contribution is -0.383. The van der Waals surface area contributed by atoms with E-state index < -0.39 is 11.0 Å². The second kappa shape index (κ2) is 6.93. The van der Waals surface area contributed by atoms with E-state index in [4.69, 9.17) is 0 Å². The van der Waals surface area contributed by atoms with Crippen LogP contribution in [-0.2, 0) is 18.3 Å². The van der Waals surface area contributed by atoms with Crippen LogP contribution in [0.15, 0.2) is 55.1 Å². The van der Waals surface area contributed by atoms with E-state index >= 15 is 0 Å². The molecule has 1 aliphatic heterocycles. The predicted octanol–water partition coefficient (Wildman–Crippen LogP) is 3.44. The largest absolute Gasteiger partial charge is 0.508 e. The fourth-order valence-electron chi connectivity index (χ4n) is 5.73. The average molecular weight is 419 g/mol. The zero-order chi connectivity index (χ0) is 21.8. The van der Waals surface area contributed by atoms with Gasteiger partial charge in [-0.15, -0.1) is 6.58 Å². The molecule has 1 aromatic heterocycles. The Labute approximate surface area is 179 Å². The summed E-state index contributed by atoms with van der Waals surface area (Å²) in [7, 11) is 0. The molecule has 160 valence electrons. The molecule has 0 radical (unpaired) electrons. The van der Waals surface area contributed by atoms with Gasteiger partial charge >= 0.3 is 0 Å². The van der Waals surface area contributed by atoms with Crippen LogP contribution in [0.1, 0.15) is 23.2 Å². The average Bonchev–Trinajstić information content (AvgIpc) is 3.08. The number of non-ortho nitro benzene ring substituents is 1. The molecule has 7 nitrogen and oxygen atoms in total. The Hall–Kier alpha value is -3.16. The van der Waals surface area contributed by atoms with Crippen LogP contribution in [-0.4, -0.2) is 50.3 Å². The number of benzene rings is 2. The Balaban J connectivity index is 1.71. The highest BCUT2D eigenvalue weighted by Crippen LogP contribution is 2.52. The van der Waals surface area contributed by atoms with Gasteiger partial charge in [0.1, 0.15) is 11.3 Å². The lowest BCUT2D eigenvalue weighted by Gasteiger charge is -2.56. The summed E-state index contributed by atoms with van der Waals surface area (Å²) in [5.41, 5.74) is 1.62. The molecule has 2 heterocycles. The van der Waals surface area contributed by atoms with Crippen molar-refractivity contribution in [1.29, 1.82) is 0 Å². The SMILES string of the molecule is C=CCN1CCC2(c3cccc(O)c3)Cc3[nH]c4c([N+](=O)[O-])cccc4c3CC2(O)C1. The van der Waals surface area contributed by atoms with Gasteiger partial charge in [0.15, 0.2) is 0 Å². The summed E-state index contributed by atoms with van der Waals surface area (Å²) < 4.78 is 0. The van der Waals surface area contributed by atoms with Crippen LogP contribution in [0.5, 0.6) is 5.75 Å². The van der Waals surface area contributed by atoms with E-state index in [1.165, 1.54) is 6.07 Å². The number of aromatic amines is 1. The number of nitro benzene ring substituents is 1. The minimum absolute atomic E-state index is 0.0431. The number of aromatic nitrogens is 1. The molecule has 0 amide bonds. The van der Waals surface area contributed by atoms with Gasteiger partial charge in [0.05, 0.1) is 10.5 Å². The number of phenols is 1. The second-order valence-corrected chi connectivity index (χ2v) is 8.83. The van der Waals surface area contributed by atoms with Crippen molar-refractivity contribution in [1.82, 2.24) is 9.88 Å². The van der Waals surface area contributed by atoms with Crippen LogP contribution in [0.2, 0.25) is 0 Å². The van der Waals surface area contributed by atoms with Crippen molar-refractivity contribution in [3.63, 3.8) is 0 Å². The number of rotatable bonds is 4. The maximum Gasteiger partial charge on any atom is 0.293 e. The van der Waals surface area contributed by atoms with E-state index in [9.17, 15) is 20.3 Å². The molecule has 2 aliphatic rings. The Morgan fingerprint density at radius 2 is 2.06 bits per heavy atom. The van der Waals surface area contributed by atoms with Gasteiger partial charge in [-0.05, 0) is 36.2 Å². The summed E-state index contributed by atoms with van der Waals surface area (Å²) in [6.07, 6.45) is 3.45. The third-order valence-electron chi connectivity index (χ3n) is 7.17. The number of hydrogen-bond donors (Lipinski definition) is 3. The molecule has 0 bridgehead atoms. The summed E-state index contributed by atoms with van der Waals surface area (Å²) in [5.74, 6) is 0.167. The van der Waals surface area contributed by atoms with E-state index in [0.29, 0.717) is 37.9 Å². The van der Waals surface area contributed by atoms with E-state index in [1.807, 2.05) is 24.3 Å². The highest BCUT2D eigenvalue weighted by atomic mass is 16.6. The fourth-order valence-corrected chi connectivity index (χ4v) is 5.73. The first kappa shape index (κ1) is 19.8. The maximum absolute atomic E-state index is 12.2. The molecule has 1 fully saturated rings. The number of hydrogen-bond acceptors (Lipinski definition) is 5. The molecule has 1 saturated heterocycles. The number of piperidine rings is 1. The third-order valence-corrected chi connectivity index (χ3v) is 7.17. The molecule has 5 rings (SSSR count). The summed E-state index contributed by atoms with van der Waals surface area (Å²) in [6, 6.07) is 12.2. The molecule has 31 heavy (non-hydrogen) atoms. The van der Waals surface area contributed by atoms with Crippen LogP contribution < -0.4 is 0 Å². The number of aromatic hydroxyl groups is 1. The molecule has 0 spiro atoms. The number of nitrogens with zero attached hydrogens (tertiary/aromatic N) is 2. The van der Waals surface area contributed by atoms with Gasteiger partial charge in [0.25, 0.3) is 5.69 Å². The highest BCUT2D eigenvalue weighted by Gasteiger charge is 2.57. The maximum atomic E-state index is 12.2. The number of β-amino-alcohol motifs (C(OH)–C–C–N with tert-alkyl or cyclic N) is 1. The highest BCUT2D eigenvalue weighted by molar-refractivity contribution is 5.92. The normalized spacial score (nSPS) is 25.7. The van der Waals surface area contributed by atoms with Crippen LogP contribution in [0.3, 0.4) is 0 Å². The van der Waals surface area contributed by atoms with Gasteiger partial charge in [-0.2, -0.15) is 0 Å². The lowest BCUT2D eigenvalue weighted by atomic mass is 9.56. The summed E-state index contributed by atoms with van der Waals surface area (Å²) in [6.45, 7) is 5.78. The van der Waals surface area contributed by atoms with Gasteiger partial charge in [0.2, 0.25) is 0 Å². The monoisotopic (exact) mass is 419 g/mol. The summed E-state index contributed by atoms with van der Waals surface area (Å²) in [5, 5.41) is 34.7. The van der Waals surface area contributed by atoms with Gasteiger partial charge in [-0.1, -0.05) is 30.3 Å². The molecular weight excluding hydrogens is 394 g/mol. The van der Waals surface area contributed by atoms with Crippen LogP contribution in [0, 0.1) is 10.1 Å². The van der Waals surface area contributed by atoms with Gasteiger partial charge in [0, 0.05) is 48.5 Å². The standard InChI is InChI=1S/C24H25N3O4/c1-2-10-26-11-9-23(16-5-3-6-17(28)12-16)14-20-19(13-24(23,29)15-26)18-7-4-8-21(27(30)31)22(18)25-20/h2-8,12,25,28-29H,1,9-11,13-15H2. The number of aliphatic hydroxyl groups is 1. The topological polar surface area (TPSA) is 103 Å². The van der Waals surface area contributed by atoms with Crippen molar-refractivity contribution >= 4 is 16.6 Å². The first-order valence-corrected chi connectivity index (χ1v) is 10.5. The molecule has 7 heteroatoms. The van der Waals surface area contributed by atoms with Gasteiger partial charge in [-0.3, -0.25) is 15.0 Å². The predicted molar refractivity (Wildman–Crippen MR) is 118 cm³/mol. The van der Waals surface area contributed by atoms with Crippen molar-refractivity contribution < 1.29 is 15.1 Å².